The van der Waals surface area contributed by atoms with Gasteiger partial charge in [0.15, 0.2) is 0 Å². The maximum atomic E-state index is 11.8. The molecular formula is C13H20N2O4. The van der Waals surface area contributed by atoms with Crippen molar-refractivity contribution in [3.8, 4) is 5.75 Å². The molecule has 6 heteroatoms. The molecule has 0 saturated carbocycles. The average Bonchev–Trinajstić information content (AvgIpc) is 2.39. The molecule has 1 aromatic rings. The lowest BCUT2D eigenvalue weighted by Gasteiger charge is -2.27. The second-order valence-electron chi connectivity index (χ2n) is 4.61. The van der Waals surface area contributed by atoms with Crippen molar-refractivity contribution < 1.29 is 14.3 Å². The van der Waals surface area contributed by atoms with E-state index in [0.29, 0.717) is 6.42 Å². The molecule has 0 radical (unpaired) electrons. The predicted octanol–water partition coefficient (Wildman–Crippen LogP) is 0.983. The zero-order valence-corrected chi connectivity index (χ0v) is 11.2. The largest absolute Gasteiger partial charge is 0.501 e. The monoisotopic (exact) mass is 268 g/mol. The SMILES string of the molecule is CCCC(N)(CC)CNC(=O)c1occc(=O)c1O. The first-order valence-corrected chi connectivity index (χ1v) is 6.31. The molecule has 1 atom stereocenters. The van der Waals surface area contributed by atoms with Crippen LogP contribution in [-0.4, -0.2) is 23.1 Å². The molecule has 1 rings (SSSR count). The second-order valence-corrected chi connectivity index (χ2v) is 4.61. The van der Waals surface area contributed by atoms with Crippen LogP contribution in [0.4, 0.5) is 0 Å². The molecule has 0 aromatic carbocycles. The van der Waals surface area contributed by atoms with Gasteiger partial charge in [-0.1, -0.05) is 20.3 Å². The normalized spacial score (nSPS) is 13.8. The van der Waals surface area contributed by atoms with E-state index in [9.17, 15) is 14.7 Å². The summed E-state index contributed by atoms with van der Waals surface area (Å²) in [4.78, 5) is 23.0. The minimum absolute atomic E-state index is 0.258. The van der Waals surface area contributed by atoms with Gasteiger partial charge in [0.2, 0.25) is 16.9 Å². The molecule has 1 unspecified atom stereocenters. The lowest BCUT2D eigenvalue weighted by molar-refractivity contribution is 0.0906. The van der Waals surface area contributed by atoms with Crippen LogP contribution in [0.3, 0.4) is 0 Å². The van der Waals surface area contributed by atoms with Crippen LogP contribution < -0.4 is 16.5 Å². The molecule has 0 aliphatic heterocycles. The van der Waals surface area contributed by atoms with Crippen molar-refractivity contribution in [3.05, 3.63) is 28.3 Å². The summed E-state index contributed by atoms with van der Waals surface area (Å²) in [6.07, 6.45) is 3.46. The molecule has 19 heavy (non-hydrogen) atoms. The highest BCUT2D eigenvalue weighted by molar-refractivity contribution is 5.93. The minimum atomic E-state index is -0.686. The van der Waals surface area contributed by atoms with E-state index < -0.39 is 22.6 Å². The van der Waals surface area contributed by atoms with Gasteiger partial charge in [-0.25, -0.2) is 0 Å². The fraction of sp³-hybridized carbons (Fsp3) is 0.538. The Kier molecular flexibility index (Phi) is 5.11. The number of carbonyl (C=O) groups is 1. The zero-order chi connectivity index (χ0) is 14.5. The van der Waals surface area contributed by atoms with E-state index in [1.807, 2.05) is 13.8 Å². The topological polar surface area (TPSA) is 106 Å². The number of hydrogen-bond acceptors (Lipinski definition) is 5. The Morgan fingerprint density at radius 3 is 2.79 bits per heavy atom. The summed E-state index contributed by atoms with van der Waals surface area (Å²) >= 11 is 0. The Morgan fingerprint density at radius 2 is 2.21 bits per heavy atom. The Hall–Kier alpha value is -1.82. The summed E-state index contributed by atoms with van der Waals surface area (Å²) in [5.74, 6) is -1.72. The third-order valence-electron chi connectivity index (χ3n) is 3.11. The molecule has 0 aliphatic rings. The van der Waals surface area contributed by atoms with E-state index in [1.54, 1.807) is 0 Å². The molecule has 1 aromatic heterocycles. The Bertz CT molecular complexity index is 498. The fourth-order valence-corrected chi connectivity index (χ4v) is 1.80. The number of hydrogen-bond donors (Lipinski definition) is 3. The van der Waals surface area contributed by atoms with E-state index >= 15 is 0 Å². The van der Waals surface area contributed by atoms with Crippen LogP contribution in [0.5, 0.6) is 5.75 Å². The maximum Gasteiger partial charge on any atom is 0.291 e. The number of nitrogens with two attached hydrogens (primary N) is 1. The van der Waals surface area contributed by atoms with E-state index in [4.69, 9.17) is 10.2 Å². The quantitative estimate of drug-likeness (QED) is 0.713. The maximum absolute atomic E-state index is 11.8. The summed E-state index contributed by atoms with van der Waals surface area (Å²) in [7, 11) is 0. The first kappa shape index (κ1) is 15.2. The molecule has 0 aliphatic carbocycles. The Balaban J connectivity index is 2.75. The fourth-order valence-electron chi connectivity index (χ4n) is 1.80. The smallest absolute Gasteiger partial charge is 0.291 e. The summed E-state index contributed by atoms with van der Waals surface area (Å²) in [5, 5.41) is 12.0. The standard InChI is InChI=1S/C13H20N2O4/c1-3-6-13(14,4-2)8-15-12(18)11-10(17)9(16)5-7-19-11/h5,7,17H,3-4,6,8,14H2,1-2H3,(H,15,18). The Morgan fingerprint density at radius 1 is 1.53 bits per heavy atom. The van der Waals surface area contributed by atoms with Crippen molar-refractivity contribution in [1.82, 2.24) is 5.32 Å². The van der Waals surface area contributed by atoms with Gasteiger partial charge in [0.1, 0.15) is 0 Å². The van der Waals surface area contributed by atoms with E-state index in [0.717, 1.165) is 25.2 Å². The molecular weight excluding hydrogens is 248 g/mol. The van der Waals surface area contributed by atoms with Gasteiger partial charge in [-0.3, -0.25) is 9.59 Å². The van der Waals surface area contributed by atoms with Crippen LogP contribution >= 0.6 is 0 Å². The molecule has 4 N–H and O–H groups in total. The van der Waals surface area contributed by atoms with Crippen molar-refractivity contribution in [2.75, 3.05) is 6.54 Å². The summed E-state index contributed by atoms with van der Waals surface area (Å²) in [6, 6.07) is 1.04. The Labute approximate surface area is 111 Å². The zero-order valence-electron chi connectivity index (χ0n) is 11.2. The molecule has 106 valence electrons. The van der Waals surface area contributed by atoms with Crippen LogP contribution in [-0.2, 0) is 0 Å². The van der Waals surface area contributed by atoms with Gasteiger partial charge in [0, 0.05) is 18.2 Å². The number of aromatic hydroxyl groups is 1. The number of amides is 1. The van der Waals surface area contributed by atoms with Crippen molar-refractivity contribution in [1.29, 1.82) is 0 Å². The summed E-state index contributed by atoms with van der Waals surface area (Å²) < 4.78 is 4.86. The second kappa shape index (κ2) is 6.38. The molecule has 6 nitrogen and oxygen atoms in total. The van der Waals surface area contributed by atoms with Crippen LogP contribution in [0.15, 0.2) is 21.5 Å². The van der Waals surface area contributed by atoms with Gasteiger partial charge in [-0.05, 0) is 12.8 Å². The van der Waals surface area contributed by atoms with Gasteiger partial charge >= 0.3 is 0 Å². The molecule has 0 spiro atoms. The highest BCUT2D eigenvalue weighted by Gasteiger charge is 2.24. The number of nitrogens with one attached hydrogen (secondary N) is 1. The van der Waals surface area contributed by atoms with Crippen molar-refractivity contribution in [2.24, 2.45) is 5.73 Å². The number of rotatable bonds is 6. The highest BCUT2D eigenvalue weighted by atomic mass is 16.4. The van der Waals surface area contributed by atoms with Gasteiger partial charge < -0.3 is 20.6 Å². The molecule has 0 fully saturated rings. The molecule has 0 bridgehead atoms. The first-order valence-electron chi connectivity index (χ1n) is 6.31. The third kappa shape index (κ3) is 3.82. The molecule has 0 saturated heterocycles. The van der Waals surface area contributed by atoms with Crippen LogP contribution in [0.1, 0.15) is 43.7 Å². The molecule has 1 amide bonds. The molecule has 1 heterocycles. The van der Waals surface area contributed by atoms with Crippen LogP contribution in [0, 0.1) is 0 Å². The lowest BCUT2D eigenvalue weighted by atomic mass is 9.92. The van der Waals surface area contributed by atoms with E-state index in [-0.39, 0.29) is 12.3 Å². The highest BCUT2D eigenvalue weighted by Crippen LogP contribution is 2.14. The van der Waals surface area contributed by atoms with Crippen LogP contribution in [0.2, 0.25) is 0 Å². The summed E-state index contributed by atoms with van der Waals surface area (Å²) in [5.41, 5.74) is 4.99. The van der Waals surface area contributed by atoms with Crippen molar-refractivity contribution >= 4 is 5.91 Å². The van der Waals surface area contributed by atoms with E-state index in [1.165, 1.54) is 0 Å². The van der Waals surface area contributed by atoms with Gasteiger partial charge in [-0.2, -0.15) is 0 Å². The lowest BCUT2D eigenvalue weighted by Crippen LogP contribution is -2.49. The average molecular weight is 268 g/mol. The van der Waals surface area contributed by atoms with Gasteiger partial charge in [-0.15, -0.1) is 0 Å². The van der Waals surface area contributed by atoms with Crippen molar-refractivity contribution in [2.45, 2.75) is 38.6 Å². The minimum Gasteiger partial charge on any atom is -0.501 e. The third-order valence-corrected chi connectivity index (χ3v) is 3.11. The predicted molar refractivity (Wildman–Crippen MR) is 71.1 cm³/mol. The van der Waals surface area contributed by atoms with Gasteiger partial charge in [0.05, 0.1) is 6.26 Å². The van der Waals surface area contributed by atoms with Gasteiger partial charge in [0.25, 0.3) is 5.91 Å². The van der Waals surface area contributed by atoms with Crippen LogP contribution in [0.25, 0.3) is 0 Å². The first-order chi connectivity index (χ1) is 8.93. The van der Waals surface area contributed by atoms with E-state index in [2.05, 4.69) is 5.32 Å². The summed E-state index contributed by atoms with van der Waals surface area (Å²) in [6.45, 7) is 4.22. The van der Waals surface area contributed by atoms with Crippen molar-refractivity contribution in [3.63, 3.8) is 0 Å². The number of carbonyl (C=O) groups excluding carboxylic acids is 1.